The molecule has 2 heterocycles. The minimum absolute atomic E-state index is 0.0663. The minimum Gasteiger partial charge on any atom is -0.497 e. The first-order valence-electron chi connectivity index (χ1n) is 5.91. The average Bonchev–Trinajstić information content (AvgIpc) is 2.87. The largest absolute Gasteiger partial charge is 0.497 e. The van der Waals surface area contributed by atoms with Crippen LogP contribution in [0.4, 0.5) is 0 Å². The summed E-state index contributed by atoms with van der Waals surface area (Å²) in [6, 6.07) is 9.01. The number of methoxy groups -OCH3 is 1. The summed E-state index contributed by atoms with van der Waals surface area (Å²) in [6.07, 6.45) is 3.27. The highest BCUT2D eigenvalue weighted by Gasteiger charge is 2.18. The molecule has 6 heteroatoms. The fourth-order valence-corrected chi connectivity index (χ4v) is 2.04. The first kappa shape index (κ1) is 12.2. The summed E-state index contributed by atoms with van der Waals surface area (Å²) >= 11 is 0. The third-order valence-corrected chi connectivity index (χ3v) is 2.93. The summed E-state index contributed by atoms with van der Waals surface area (Å²) in [6.45, 7) is 0. The number of ether oxygens (including phenoxy) is 1. The molecule has 0 fully saturated rings. The predicted molar refractivity (Wildman–Crippen MR) is 71.9 cm³/mol. The van der Waals surface area contributed by atoms with Gasteiger partial charge in [-0.05, 0) is 18.2 Å². The lowest BCUT2D eigenvalue weighted by atomic mass is 10.2. The van der Waals surface area contributed by atoms with Crippen molar-refractivity contribution in [3.63, 3.8) is 0 Å². The molecule has 0 radical (unpaired) electrons. The number of aromatic nitrogens is 3. The van der Waals surface area contributed by atoms with Gasteiger partial charge in [0.2, 0.25) is 0 Å². The van der Waals surface area contributed by atoms with Crippen molar-refractivity contribution in [2.75, 3.05) is 7.11 Å². The van der Waals surface area contributed by atoms with E-state index in [1.807, 2.05) is 18.2 Å². The molecule has 20 heavy (non-hydrogen) atoms. The number of hydrogen-bond donors (Lipinski definition) is 1. The molecule has 1 aromatic carbocycles. The molecule has 0 spiro atoms. The molecule has 0 aliphatic rings. The van der Waals surface area contributed by atoms with Crippen molar-refractivity contribution < 1.29 is 14.6 Å². The molecule has 0 saturated carbocycles. The van der Waals surface area contributed by atoms with Crippen LogP contribution in [0, 0.1) is 0 Å². The highest BCUT2D eigenvalue weighted by molar-refractivity contribution is 5.93. The SMILES string of the molecule is COc1cccc(-c2nc(C(=O)O)c3ncccn23)c1. The molecule has 0 aliphatic heterocycles. The molecule has 100 valence electrons. The summed E-state index contributed by atoms with van der Waals surface area (Å²) in [5.41, 5.74) is 1.01. The quantitative estimate of drug-likeness (QED) is 0.788. The van der Waals surface area contributed by atoms with Crippen LogP contribution < -0.4 is 4.74 Å². The van der Waals surface area contributed by atoms with Crippen molar-refractivity contribution in [3.8, 4) is 17.1 Å². The summed E-state index contributed by atoms with van der Waals surface area (Å²) in [7, 11) is 1.58. The normalized spacial score (nSPS) is 10.7. The Bertz CT molecular complexity index is 795. The van der Waals surface area contributed by atoms with Crippen LogP contribution in [0.15, 0.2) is 42.7 Å². The lowest BCUT2D eigenvalue weighted by molar-refractivity contribution is 0.0693. The number of nitrogens with zero attached hydrogens (tertiary/aromatic N) is 3. The first-order valence-corrected chi connectivity index (χ1v) is 5.91. The summed E-state index contributed by atoms with van der Waals surface area (Å²) in [4.78, 5) is 19.5. The van der Waals surface area contributed by atoms with Crippen LogP contribution in [0.25, 0.3) is 17.0 Å². The Morgan fingerprint density at radius 1 is 1.35 bits per heavy atom. The van der Waals surface area contributed by atoms with E-state index in [4.69, 9.17) is 4.74 Å². The number of rotatable bonds is 3. The van der Waals surface area contributed by atoms with E-state index in [-0.39, 0.29) is 5.69 Å². The standard InChI is InChI=1S/C14H11N3O3/c1-20-10-5-2-4-9(8-10)12-16-11(14(18)19)13-15-6-3-7-17(12)13/h2-8H,1H3,(H,18,19). The molecule has 0 amide bonds. The number of aromatic carboxylic acids is 1. The Balaban J connectivity index is 2.28. The molecule has 0 unspecified atom stereocenters. The van der Waals surface area contributed by atoms with Crippen LogP contribution in [0.2, 0.25) is 0 Å². The third-order valence-electron chi connectivity index (χ3n) is 2.93. The highest BCUT2D eigenvalue weighted by atomic mass is 16.5. The van der Waals surface area contributed by atoms with Gasteiger partial charge in [-0.1, -0.05) is 12.1 Å². The maximum absolute atomic E-state index is 11.2. The fourth-order valence-electron chi connectivity index (χ4n) is 2.04. The van der Waals surface area contributed by atoms with Gasteiger partial charge in [-0.3, -0.25) is 4.40 Å². The average molecular weight is 269 g/mol. The van der Waals surface area contributed by atoms with Gasteiger partial charge in [-0.25, -0.2) is 14.8 Å². The Morgan fingerprint density at radius 3 is 2.95 bits per heavy atom. The first-order chi connectivity index (χ1) is 9.70. The van der Waals surface area contributed by atoms with E-state index in [9.17, 15) is 9.90 Å². The van der Waals surface area contributed by atoms with Gasteiger partial charge in [0.1, 0.15) is 11.6 Å². The number of hydrogen-bond acceptors (Lipinski definition) is 4. The van der Waals surface area contributed by atoms with Crippen LogP contribution >= 0.6 is 0 Å². The monoisotopic (exact) mass is 269 g/mol. The van der Waals surface area contributed by atoms with E-state index < -0.39 is 5.97 Å². The predicted octanol–water partition coefficient (Wildman–Crippen LogP) is 2.10. The van der Waals surface area contributed by atoms with Crippen LogP contribution in [-0.2, 0) is 0 Å². The molecule has 2 aromatic heterocycles. The van der Waals surface area contributed by atoms with E-state index in [1.54, 1.807) is 36.0 Å². The van der Waals surface area contributed by atoms with Gasteiger partial charge in [0.25, 0.3) is 0 Å². The summed E-state index contributed by atoms with van der Waals surface area (Å²) < 4.78 is 6.82. The van der Waals surface area contributed by atoms with Gasteiger partial charge in [-0.2, -0.15) is 0 Å². The second-order valence-corrected chi connectivity index (χ2v) is 4.13. The maximum atomic E-state index is 11.2. The third kappa shape index (κ3) is 1.87. The van der Waals surface area contributed by atoms with Gasteiger partial charge in [0.15, 0.2) is 11.3 Å². The minimum atomic E-state index is -1.10. The van der Waals surface area contributed by atoms with Gasteiger partial charge in [-0.15, -0.1) is 0 Å². The smallest absolute Gasteiger partial charge is 0.358 e. The lowest BCUT2D eigenvalue weighted by Crippen LogP contribution is -1.98. The number of imidazole rings is 1. The number of carboxylic acid groups (broad SMARTS) is 1. The lowest BCUT2D eigenvalue weighted by Gasteiger charge is -2.03. The van der Waals surface area contributed by atoms with Crippen LogP contribution in [0.5, 0.6) is 5.75 Å². The summed E-state index contributed by atoms with van der Waals surface area (Å²) in [5, 5.41) is 9.20. The Labute approximate surface area is 114 Å². The molecule has 6 nitrogen and oxygen atoms in total. The van der Waals surface area contributed by atoms with Crippen LogP contribution in [0.3, 0.4) is 0 Å². The topological polar surface area (TPSA) is 76.7 Å². The van der Waals surface area contributed by atoms with Crippen LogP contribution in [0.1, 0.15) is 10.5 Å². The Kier molecular flexibility index (Phi) is 2.83. The molecular weight excluding hydrogens is 258 g/mol. The van der Waals surface area contributed by atoms with Crippen molar-refractivity contribution in [2.45, 2.75) is 0 Å². The maximum Gasteiger partial charge on any atom is 0.358 e. The van der Waals surface area contributed by atoms with E-state index in [1.165, 1.54) is 0 Å². The van der Waals surface area contributed by atoms with Crippen LogP contribution in [-0.4, -0.2) is 32.6 Å². The molecule has 3 rings (SSSR count). The molecule has 0 bridgehead atoms. The van der Waals surface area contributed by atoms with E-state index in [0.717, 1.165) is 5.56 Å². The van der Waals surface area contributed by atoms with Crippen molar-refractivity contribution in [3.05, 3.63) is 48.4 Å². The van der Waals surface area contributed by atoms with Crippen molar-refractivity contribution in [1.82, 2.24) is 14.4 Å². The summed E-state index contributed by atoms with van der Waals surface area (Å²) in [5.74, 6) is 0.0970. The van der Waals surface area contributed by atoms with Crippen molar-refractivity contribution in [2.24, 2.45) is 0 Å². The highest BCUT2D eigenvalue weighted by Crippen LogP contribution is 2.24. The Hall–Kier alpha value is -2.89. The fraction of sp³-hybridized carbons (Fsp3) is 0.0714. The van der Waals surface area contributed by atoms with Gasteiger partial charge in [0, 0.05) is 18.0 Å². The number of carbonyl (C=O) groups is 1. The number of benzene rings is 1. The van der Waals surface area contributed by atoms with Gasteiger partial charge in [0.05, 0.1) is 7.11 Å². The van der Waals surface area contributed by atoms with Gasteiger partial charge >= 0.3 is 5.97 Å². The zero-order valence-electron chi connectivity index (χ0n) is 10.6. The van der Waals surface area contributed by atoms with Crippen molar-refractivity contribution in [1.29, 1.82) is 0 Å². The Morgan fingerprint density at radius 2 is 2.20 bits per heavy atom. The van der Waals surface area contributed by atoms with E-state index in [2.05, 4.69) is 9.97 Å². The number of fused-ring (bicyclic) bond motifs is 1. The molecule has 1 N–H and O–H groups in total. The van der Waals surface area contributed by atoms with Crippen molar-refractivity contribution >= 4 is 11.6 Å². The number of carboxylic acids is 1. The molecule has 0 atom stereocenters. The van der Waals surface area contributed by atoms with E-state index >= 15 is 0 Å². The zero-order valence-corrected chi connectivity index (χ0v) is 10.6. The second kappa shape index (κ2) is 4.65. The van der Waals surface area contributed by atoms with E-state index in [0.29, 0.717) is 17.2 Å². The zero-order chi connectivity index (χ0) is 14.1. The molecule has 3 aromatic rings. The van der Waals surface area contributed by atoms with Gasteiger partial charge < -0.3 is 9.84 Å². The molecular formula is C14H11N3O3. The molecule has 0 saturated heterocycles. The molecule has 0 aliphatic carbocycles. The second-order valence-electron chi connectivity index (χ2n) is 4.13.